The highest BCUT2D eigenvalue weighted by Gasteiger charge is 2.40. The van der Waals surface area contributed by atoms with Crippen molar-refractivity contribution in [3.05, 3.63) is 77.8 Å². The summed E-state index contributed by atoms with van der Waals surface area (Å²) in [5.41, 5.74) is -0.209. The van der Waals surface area contributed by atoms with E-state index in [9.17, 15) is 13.6 Å². The molecule has 1 aliphatic heterocycles. The summed E-state index contributed by atoms with van der Waals surface area (Å²) in [5, 5.41) is 3.43. The minimum atomic E-state index is -1.25. The normalized spacial score (nSPS) is 18.5. The molecule has 10 heteroatoms. The molecule has 41 heavy (non-hydrogen) atoms. The van der Waals surface area contributed by atoms with E-state index in [1.165, 1.54) is 4.90 Å². The van der Waals surface area contributed by atoms with Crippen molar-refractivity contribution in [1.82, 2.24) is 19.8 Å². The van der Waals surface area contributed by atoms with Crippen LogP contribution in [0.25, 0.3) is 11.3 Å². The molecule has 1 aromatic heterocycles. The maximum absolute atomic E-state index is 15.1. The zero-order valence-corrected chi connectivity index (χ0v) is 24.5. The molecule has 3 aromatic rings. The number of halogens is 3. The number of hydrogen-bond acceptors (Lipinski definition) is 5. The predicted molar refractivity (Wildman–Crippen MR) is 151 cm³/mol. The van der Waals surface area contributed by atoms with E-state index < -0.39 is 47.1 Å². The van der Waals surface area contributed by atoms with E-state index in [4.69, 9.17) is 14.5 Å². The first-order valence-corrected chi connectivity index (χ1v) is 13.7. The Hall–Kier alpha value is -3.37. The van der Waals surface area contributed by atoms with Crippen LogP contribution in [0.5, 0.6) is 0 Å². The highest BCUT2D eigenvalue weighted by Crippen LogP contribution is 2.33. The number of benzene rings is 2. The van der Waals surface area contributed by atoms with Gasteiger partial charge in [-0.3, -0.25) is 0 Å². The number of carbonyl (C=O) groups excluding carboxylic acids is 1. The molecule has 0 saturated carbocycles. The Morgan fingerprint density at radius 2 is 1.80 bits per heavy atom. The van der Waals surface area contributed by atoms with Crippen molar-refractivity contribution in [2.45, 2.75) is 64.6 Å². The third-order valence-electron chi connectivity index (χ3n) is 7.28. The van der Waals surface area contributed by atoms with E-state index in [1.54, 1.807) is 34.1 Å². The van der Waals surface area contributed by atoms with Crippen LogP contribution in [0, 0.1) is 17.6 Å². The minimum Gasteiger partial charge on any atom is -0.444 e. The number of carbonyl (C=O) groups is 1. The summed E-state index contributed by atoms with van der Waals surface area (Å²) in [4.78, 5) is 18.7. The van der Waals surface area contributed by atoms with Gasteiger partial charge in [0.2, 0.25) is 0 Å². The van der Waals surface area contributed by atoms with Crippen molar-refractivity contribution < 1.29 is 27.4 Å². The van der Waals surface area contributed by atoms with Crippen molar-refractivity contribution in [1.29, 1.82) is 0 Å². The van der Waals surface area contributed by atoms with E-state index in [0.29, 0.717) is 12.4 Å². The molecule has 3 atom stereocenters. The van der Waals surface area contributed by atoms with Crippen LogP contribution < -0.4 is 5.32 Å². The smallest absolute Gasteiger partial charge is 0.410 e. The molecular formula is C31H39F3N4O3. The molecule has 0 radical (unpaired) electrons. The maximum Gasteiger partial charge on any atom is 0.410 e. The quantitative estimate of drug-likeness (QED) is 0.334. The molecule has 4 rings (SSSR count). The number of imidazole rings is 1. The zero-order valence-electron chi connectivity index (χ0n) is 24.5. The number of nitrogens with one attached hydrogen (secondary N) is 1. The van der Waals surface area contributed by atoms with Gasteiger partial charge in [-0.1, -0.05) is 30.3 Å². The Bertz CT molecular complexity index is 1340. The Labute approximate surface area is 239 Å². The largest absolute Gasteiger partial charge is 0.444 e. The van der Waals surface area contributed by atoms with Crippen LogP contribution in [0.3, 0.4) is 0 Å². The topological polar surface area (TPSA) is 68.6 Å². The van der Waals surface area contributed by atoms with Gasteiger partial charge in [0.25, 0.3) is 0 Å². The first-order chi connectivity index (χ1) is 19.3. The molecular weight excluding hydrogens is 533 g/mol. The maximum atomic E-state index is 15.1. The fraction of sp³-hybridized carbons (Fsp3) is 0.484. The molecule has 1 amide bonds. The van der Waals surface area contributed by atoms with Gasteiger partial charge in [-0.15, -0.1) is 0 Å². The first-order valence-electron chi connectivity index (χ1n) is 13.7. The van der Waals surface area contributed by atoms with Gasteiger partial charge in [0.05, 0.1) is 23.9 Å². The second kappa shape index (κ2) is 12.2. The van der Waals surface area contributed by atoms with Gasteiger partial charge in [0, 0.05) is 44.4 Å². The summed E-state index contributed by atoms with van der Waals surface area (Å²) in [5.74, 6) is -1.13. The van der Waals surface area contributed by atoms with Crippen molar-refractivity contribution in [2.75, 3.05) is 26.7 Å². The minimum absolute atomic E-state index is 0.0413. The number of ether oxygens (including phenoxy) is 2. The van der Waals surface area contributed by atoms with Crippen LogP contribution in [0.15, 0.2) is 54.7 Å². The summed E-state index contributed by atoms with van der Waals surface area (Å²) in [6, 6.07) is 12.4. The second-order valence-electron chi connectivity index (χ2n) is 12.0. The summed E-state index contributed by atoms with van der Waals surface area (Å²) in [7, 11) is 1.57. The number of alkyl halides is 1. The lowest BCUT2D eigenvalue weighted by Gasteiger charge is -2.34. The number of amides is 1. The molecule has 1 N–H and O–H groups in total. The molecule has 1 fully saturated rings. The van der Waals surface area contributed by atoms with Crippen LogP contribution in [0.1, 0.15) is 52.0 Å². The highest BCUT2D eigenvalue weighted by molar-refractivity contribution is 5.68. The summed E-state index contributed by atoms with van der Waals surface area (Å²) in [6.45, 7) is 9.85. The molecule has 222 valence electrons. The van der Waals surface area contributed by atoms with E-state index in [1.807, 2.05) is 48.7 Å². The first kappa shape index (κ1) is 30.6. The number of likely N-dealkylation sites (tertiary alicyclic amines) is 1. The van der Waals surface area contributed by atoms with Crippen LogP contribution >= 0.6 is 0 Å². The molecule has 2 aromatic carbocycles. The van der Waals surface area contributed by atoms with Crippen LogP contribution in [-0.2, 0) is 16.0 Å². The SMILES string of the molecule is COC(C)(C)C(NCC1CN(C(=O)OC(C)(C)C)CC1F)c1nc(-c2cc(F)ccc2F)cn1Cc1ccccc1. The Balaban J connectivity index is 1.65. The standard InChI is InChI=1S/C31H39F3N4O3/c1-30(2,3)41-29(39)38-17-21(25(34)18-38)15-35-27(31(4,5)40-6)28-36-26(23-14-22(32)12-13-24(23)33)19-37(28)16-20-10-8-7-9-11-20/h7-14,19,21,25,27,35H,15-18H2,1-6H3. The fourth-order valence-electron chi connectivity index (χ4n) is 4.93. The van der Waals surface area contributed by atoms with Crippen molar-refractivity contribution in [2.24, 2.45) is 5.92 Å². The van der Waals surface area contributed by atoms with Gasteiger partial charge in [-0.2, -0.15) is 0 Å². The third kappa shape index (κ3) is 7.48. The summed E-state index contributed by atoms with van der Waals surface area (Å²) < 4.78 is 57.1. The van der Waals surface area contributed by atoms with Gasteiger partial charge >= 0.3 is 6.09 Å². The Morgan fingerprint density at radius 1 is 1.10 bits per heavy atom. The van der Waals surface area contributed by atoms with E-state index in [0.717, 1.165) is 23.8 Å². The average Bonchev–Trinajstić information content (AvgIpc) is 3.48. The molecule has 0 aliphatic carbocycles. The van der Waals surface area contributed by atoms with Crippen molar-refractivity contribution in [3.8, 4) is 11.3 Å². The number of rotatable bonds is 9. The molecule has 3 unspecified atom stereocenters. The van der Waals surface area contributed by atoms with Gasteiger partial charge in [-0.05, 0) is 58.4 Å². The monoisotopic (exact) mass is 572 g/mol. The summed E-state index contributed by atoms with van der Waals surface area (Å²) in [6.07, 6.45) is -0.0998. The summed E-state index contributed by atoms with van der Waals surface area (Å²) >= 11 is 0. The number of nitrogens with zero attached hydrogens (tertiary/aromatic N) is 3. The third-order valence-corrected chi connectivity index (χ3v) is 7.28. The van der Waals surface area contributed by atoms with Gasteiger partial charge in [-0.25, -0.2) is 22.9 Å². The van der Waals surface area contributed by atoms with E-state index >= 15 is 4.39 Å². The van der Waals surface area contributed by atoms with Crippen molar-refractivity contribution in [3.63, 3.8) is 0 Å². The van der Waals surface area contributed by atoms with Crippen LogP contribution in [0.2, 0.25) is 0 Å². The van der Waals surface area contributed by atoms with Crippen LogP contribution in [-0.4, -0.2) is 64.7 Å². The lowest BCUT2D eigenvalue weighted by molar-refractivity contribution is -0.0160. The number of hydrogen-bond donors (Lipinski definition) is 1. The van der Waals surface area contributed by atoms with Crippen LogP contribution in [0.4, 0.5) is 18.0 Å². The highest BCUT2D eigenvalue weighted by atomic mass is 19.1. The second-order valence-corrected chi connectivity index (χ2v) is 12.0. The fourth-order valence-corrected chi connectivity index (χ4v) is 4.93. The lowest BCUT2D eigenvalue weighted by atomic mass is 9.96. The zero-order chi connectivity index (χ0) is 29.9. The van der Waals surface area contributed by atoms with E-state index in [-0.39, 0.29) is 30.9 Å². The predicted octanol–water partition coefficient (Wildman–Crippen LogP) is 6.14. The van der Waals surface area contributed by atoms with Crippen molar-refractivity contribution >= 4 is 6.09 Å². The average molecular weight is 573 g/mol. The number of aromatic nitrogens is 2. The number of methoxy groups -OCH3 is 1. The molecule has 0 spiro atoms. The Kier molecular flexibility index (Phi) is 9.13. The molecule has 7 nitrogen and oxygen atoms in total. The molecule has 1 aliphatic rings. The van der Waals surface area contributed by atoms with Gasteiger partial charge in [0.15, 0.2) is 0 Å². The van der Waals surface area contributed by atoms with E-state index in [2.05, 4.69) is 5.32 Å². The van der Waals surface area contributed by atoms with Gasteiger partial charge in [0.1, 0.15) is 29.2 Å². The molecule has 1 saturated heterocycles. The Morgan fingerprint density at radius 3 is 2.46 bits per heavy atom. The lowest BCUT2D eigenvalue weighted by Crippen LogP contribution is -2.45. The molecule has 0 bridgehead atoms. The molecule has 2 heterocycles. The van der Waals surface area contributed by atoms with Gasteiger partial charge < -0.3 is 24.3 Å².